The van der Waals surface area contributed by atoms with Crippen LogP contribution in [0.25, 0.3) is 10.9 Å². The standard InChI is InChI=1S/C23H20F6N2O4S/c24-22(25,26)16-5-2-7-18(12-16)36(33,34)31-11-9-19-15(4-1-8-20(19)31)13-30-10-3-6-17(30)14-35-21(32)23(27,28)29/h1-2,4-5,7-9,11-12,17H,3,6,10,13-14H2/t17-/m1/s1. The molecule has 0 spiro atoms. The highest BCUT2D eigenvalue weighted by molar-refractivity contribution is 7.90. The number of halogens is 6. The first-order valence-electron chi connectivity index (χ1n) is 10.8. The van der Waals surface area contributed by atoms with E-state index in [1.54, 1.807) is 12.1 Å². The molecule has 0 saturated carbocycles. The number of nitrogens with zero attached hydrogens (tertiary/aromatic N) is 2. The Hall–Kier alpha value is -3.06. The van der Waals surface area contributed by atoms with Crippen LogP contribution in [-0.2, 0) is 32.3 Å². The number of fused-ring (bicyclic) bond motifs is 1. The fourth-order valence-corrected chi connectivity index (χ4v) is 5.66. The summed E-state index contributed by atoms with van der Waals surface area (Å²) in [6, 6.07) is 9.35. The first kappa shape index (κ1) is 26.0. The van der Waals surface area contributed by atoms with Gasteiger partial charge in [0.2, 0.25) is 0 Å². The molecule has 2 aromatic carbocycles. The SMILES string of the molecule is O=C(OC[C@H]1CCCN1Cc1cccc2c1ccn2S(=O)(=O)c1cccc(C(F)(F)F)c1)C(F)(F)F. The molecule has 1 atom stereocenters. The fraction of sp³-hybridized carbons (Fsp3) is 0.348. The molecule has 1 fully saturated rings. The number of alkyl halides is 6. The number of carbonyl (C=O) groups excluding carboxylic acids is 1. The van der Waals surface area contributed by atoms with Gasteiger partial charge in [-0.25, -0.2) is 17.2 Å². The second-order valence-corrected chi connectivity index (χ2v) is 10.2. The van der Waals surface area contributed by atoms with E-state index >= 15 is 0 Å². The van der Waals surface area contributed by atoms with Gasteiger partial charge in [0, 0.05) is 24.2 Å². The first-order chi connectivity index (χ1) is 16.8. The van der Waals surface area contributed by atoms with E-state index in [2.05, 4.69) is 4.74 Å². The third-order valence-electron chi connectivity index (χ3n) is 6.02. The Labute approximate surface area is 202 Å². The van der Waals surface area contributed by atoms with Gasteiger partial charge in [0.1, 0.15) is 6.61 Å². The summed E-state index contributed by atoms with van der Waals surface area (Å²) >= 11 is 0. The number of ether oxygens (including phenoxy) is 1. The second-order valence-electron chi connectivity index (χ2n) is 8.35. The van der Waals surface area contributed by atoms with Crippen LogP contribution in [0.3, 0.4) is 0 Å². The van der Waals surface area contributed by atoms with Crippen molar-refractivity contribution in [3.05, 3.63) is 65.9 Å². The predicted octanol–water partition coefficient (Wildman–Crippen LogP) is 4.97. The normalized spacial score (nSPS) is 17.6. The fourth-order valence-electron chi connectivity index (χ4n) is 4.27. The van der Waals surface area contributed by atoms with Crippen molar-refractivity contribution in [2.75, 3.05) is 13.2 Å². The quantitative estimate of drug-likeness (QED) is 0.330. The minimum Gasteiger partial charge on any atom is -0.457 e. The lowest BCUT2D eigenvalue weighted by Gasteiger charge is -2.24. The summed E-state index contributed by atoms with van der Waals surface area (Å²) in [5, 5.41) is 0.519. The third-order valence-corrected chi connectivity index (χ3v) is 7.70. The Kier molecular flexibility index (Phi) is 6.82. The highest BCUT2D eigenvalue weighted by Crippen LogP contribution is 2.32. The van der Waals surface area contributed by atoms with Crippen molar-refractivity contribution in [3.63, 3.8) is 0 Å². The highest BCUT2D eigenvalue weighted by atomic mass is 32.2. The monoisotopic (exact) mass is 534 g/mol. The molecule has 0 aliphatic carbocycles. The molecule has 1 aliphatic heterocycles. The molecule has 0 amide bonds. The lowest BCUT2D eigenvalue weighted by Crippen LogP contribution is -2.36. The van der Waals surface area contributed by atoms with Crippen LogP contribution in [0.2, 0.25) is 0 Å². The van der Waals surface area contributed by atoms with Gasteiger partial charge in [-0.3, -0.25) is 4.90 Å². The van der Waals surface area contributed by atoms with E-state index in [9.17, 15) is 39.6 Å². The summed E-state index contributed by atoms with van der Waals surface area (Å²) in [5.74, 6) is -2.26. The molecule has 1 saturated heterocycles. The summed E-state index contributed by atoms with van der Waals surface area (Å²) in [6.07, 6.45) is -7.35. The maximum atomic E-state index is 13.2. The van der Waals surface area contributed by atoms with Crippen LogP contribution in [-0.4, -0.2) is 48.6 Å². The Morgan fingerprint density at radius 1 is 1.03 bits per heavy atom. The van der Waals surface area contributed by atoms with Crippen molar-refractivity contribution in [1.82, 2.24) is 8.87 Å². The lowest BCUT2D eigenvalue weighted by atomic mass is 10.1. The molecule has 0 unspecified atom stereocenters. The summed E-state index contributed by atoms with van der Waals surface area (Å²) in [4.78, 5) is 12.4. The number of hydrogen-bond acceptors (Lipinski definition) is 5. The third kappa shape index (κ3) is 5.21. The van der Waals surface area contributed by atoms with Gasteiger partial charge in [-0.15, -0.1) is 0 Å². The number of carbonyl (C=O) groups is 1. The number of aromatic nitrogens is 1. The number of hydrogen-bond donors (Lipinski definition) is 0. The van der Waals surface area contributed by atoms with E-state index in [-0.39, 0.29) is 12.1 Å². The van der Waals surface area contributed by atoms with Crippen LogP contribution in [0.4, 0.5) is 26.3 Å². The number of benzene rings is 2. The first-order valence-corrected chi connectivity index (χ1v) is 12.2. The van der Waals surface area contributed by atoms with Crippen molar-refractivity contribution in [3.8, 4) is 0 Å². The Balaban J connectivity index is 1.59. The van der Waals surface area contributed by atoms with E-state index in [4.69, 9.17) is 0 Å². The smallest absolute Gasteiger partial charge is 0.457 e. The molecular formula is C23H20F6N2O4S. The van der Waals surface area contributed by atoms with Crippen molar-refractivity contribution >= 4 is 26.9 Å². The van der Waals surface area contributed by atoms with Crippen LogP contribution >= 0.6 is 0 Å². The van der Waals surface area contributed by atoms with Crippen molar-refractivity contribution in [2.45, 2.75) is 42.7 Å². The van der Waals surface area contributed by atoms with E-state index in [0.717, 1.165) is 22.2 Å². The van der Waals surface area contributed by atoms with Crippen LogP contribution in [0, 0.1) is 0 Å². The van der Waals surface area contributed by atoms with Gasteiger partial charge in [-0.2, -0.15) is 26.3 Å². The van der Waals surface area contributed by atoms with Crippen LogP contribution < -0.4 is 0 Å². The molecule has 0 radical (unpaired) electrons. The molecule has 194 valence electrons. The molecule has 13 heteroatoms. The summed E-state index contributed by atoms with van der Waals surface area (Å²) in [5.41, 5.74) is -0.185. The number of rotatable bonds is 6. The Morgan fingerprint density at radius 2 is 1.75 bits per heavy atom. The van der Waals surface area contributed by atoms with E-state index in [0.29, 0.717) is 36.4 Å². The van der Waals surface area contributed by atoms with E-state index in [1.807, 2.05) is 4.90 Å². The average Bonchev–Trinajstić information content (AvgIpc) is 3.44. The predicted molar refractivity (Wildman–Crippen MR) is 116 cm³/mol. The topological polar surface area (TPSA) is 68.6 Å². The molecular weight excluding hydrogens is 514 g/mol. The molecule has 2 heterocycles. The van der Waals surface area contributed by atoms with Gasteiger partial charge in [0.15, 0.2) is 0 Å². The van der Waals surface area contributed by atoms with Gasteiger partial charge < -0.3 is 4.74 Å². The summed E-state index contributed by atoms with van der Waals surface area (Å²) in [7, 11) is -4.35. The van der Waals surface area contributed by atoms with E-state index in [1.165, 1.54) is 18.3 Å². The maximum absolute atomic E-state index is 13.2. The van der Waals surface area contributed by atoms with E-state index < -0.39 is 51.5 Å². The zero-order chi connectivity index (χ0) is 26.3. The van der Waals surface area contributed by atoms with Crippen molar-refractivity contribution in [1.29, 1.82) is 0 Å². The highest BCUT2D eigenvalue weighted by Gasteiger charge is 2.41. The molecule has 0 N–H and O–H groups in total. The molecule has 36 heavy (non-hydrogen) atoms. The zero-order valence-electron chi connectivity index (χ0n) is 18.5. The van der Waals surface area contributed by atoms with Crippen molar-refractivity contribution in [2.24, 2.45) is 0 Å². The van der Waals surface area contributed by atoms with Crippen LogP contribution in [0.15, 0.2) is 59.6 Å². The minimum atomic E-state index is -5.08. The Morgan fingerprint density at radius 3 is 2.44 bits per heavy atom. The maximum Gasteiger partial charge on any atom is 0.490 e. The number of esters is 1. The zero-order valence-corrected chi connectivity index (χ0v) is 19.3. The molecule has 1 aliphatic rings. The van der Waals surface area contributed by atoms with Crippen LogP contribution in [0.1, 0.15) is 24.0 Å². The molecule has 0 bridgehead atoms. The van der Waals surface area contributed by atoms with Crippen LogP contribution in [0.5, 0.6) is 0 Å². The average molecular weight is 534 g/mol. The molecule has 6 nitrogen and oxygen atoms in total. The minimum absolute atomic E-state index is 0.240. The van der Waals surface area contributed by atoms with Gasteiger partial charge in [-0.1, -0.05) is 18.2 Å². The Bertz CT molecular complexity index is 1380. The lowest BCUT2D eigenvalue weighted by molar-refractivity contribution is -0.200. The van der Waals surface area contributed by atoms with Gasteiger partial charge >= 0.3 is 18.3 Å². The van der Waals surface area contributed by atoms with Gasteiger partial charge in [-0.05, 0) is 55.3 Å². The molecule has 1 aromatic heterocycles. The molecule has 3 aromatic rings. The van der Waals surface area contributed by atoms with Gasteiger partial charge in [0.25, 0.3) is 10.0 Å². The number of likely N-dealkylation sites (tertiary alicyclic amines) is 1. The molecule has 4 rings (SSSR count). The summed E-state index contributed by atoms with van der Waals surface area (Å²) in [6.45, 7) is 0.353. The second kappa shape index (κ2) is 9.43. The van der Waals surface area contributed by atoms with Crippen molar-refractivity contribution < 1.29 is 44.3 Å². The van der Waals surface area contributed by atoms with Gasteiger partial charge in [0.05, 0.1) is 16.0 Å². The largest absolute Gasteiger partial charge is 0.490 e. The summed E-state index contributed by atoms with van der Waals surface area (Å²) < 4.78 is 108.